The summed E-state index contributed by atoms with van der Waals surface area (Å²) in [7, 11) is 2.07. The lowest BCUT2D eigenvalue weighted by Crippen LogP contribution is -2.33. The highest BCUT2D eigenvalue weighted by molar-refractivity contribution is 9.12. The minimum Gasteiger partial charge on any atom is -0.331 e. The van der Waals surface area contributed by atoms with E-state index in [-0.39, 0.29) is 5.91 Å². The van der Waals surface area contributed by atoms with Gasteiger partial charge in [-0.3, -0.25) is 4.79 Å². The molecule has 3 nitrogen and oxygen atoms in total. The van der Waals surface area contributed by atoms with Crippen molar-refractivity contribution in [1.29, 1.82) is 0 Å². The molecule has 1 amide bonds. The van der Waals surface area contributed by atoms with Gasteiger partial charge in [-0.2, -0.15) is 0 Å². The largest absolute Gasteiger partial charge is 0.331 e. The lowest BCUT2D eigenvalue weighted by Gasteiger charge is -2.17. The quantitative estimate of drug-likeness (QED) is 0.580. The number of carbonyl (C=O) groups excluding carboxylic acids is 1. The molecule has 0 unspecified atom stereocenters. The Hall–Kier alpha value is -0.530. The molecule has 4 heteroatoms. The van der Waals surface area contributed by atoms with Crippen molar-refractivity contribution in [3.05, 3.63) is 0 Å². The molecule has 13 heavy (non-hydrogen) atoms. The number of amides is 1. The molecule has 1 heterocycles. The summed E-state index contributed by atoms with van der Waals surface area (Å²) in [6, 6.07) is 0. The van der Waals surface area contributed by atoms with Crippen molar-refractivity contribution in [3.8, 4) is 10.8 Å². The van der Waals surface area contributed by atoms with Gasteiger partial charge in [0.1, 0.15) is 0 Å². The van der Waals surface area contributed by atoms with E-state index in [9.17, 15) is 4.79 Å². The van der Waals surface area contributed by atoms with Crippen molar-refractivity contribution in [2.75, 3.05) is 33.2 Å². The fraction of sp³-hybridized carbons (Fsp3) is 0.667. The highest BCUT2D eigenvalue weighted by atomic mass is 79.9. The predicted octanol–water partition coefficient (Wildman–Crippen LogP) is 0.506. The van der Waals surface area contributed by atoms with Gasteiger partial charge in [-0.1, -0.05) is 0 Å². The van der Waals surface area contributed by atoms with E-state index in [0.717, 1.165) is 32.6 Å². The van der Waals surface area contributed by atoms with Crippen LogP contribution in [0.4, 0.5) is 0 Å². The maximum atomic E-state index is 11.4. The van der Waals surface area contributed by atoms with Gasteiger partial charge in [0.05, 0.1) is 0 Å². The molecule has 1 aliphatic heterocycles. The Morgan fingerprint density at radius 3 is 2.77 bits per heavy atom. The van der Waals surface area contributed by atoms with Gasteiger partial charge in [-0.05, 0) is 24.8 Å². The fourth-order valence-corrected chi connectivity index (χ4v) is 1.54. The Morgan fingerprint density at radius 2 is 2.08 bits per heavy atom. The van der Waals surface area contributed by atoms with E-state index in [0.29, 0.717) is 0 Å². The van der Waals surface area contributed by atoms with Crippen molar-refractivity contribution < 1.29 is 4.79 Å². The van der Waals surface area contributed by atoms with Gasteiger partial charge in [0.15, 0.2) is 0 Å². The van der Waals surface area contributed by atoms with Crippen LogP contribution in [0.2, 0.25) is 0 Å². The monoisotopic (exact) mass is 244 g/mol. The number of rotatable bonds is 0. The van der Waals surface area contributed by atoms with Crippen LogP contribution >= 0.6 is 15.9 Å². The molecule has 0 saturated carbocycles. The summed E-state index contributed by atoms with van der Waals surface area (Å²) < 4.78 is 0. The minimum atomic E-state index is -0.0767. The number of hydrogen-bond acceptors (Lipinski definition) is 2. The zero-order valence-electron chi connectivity index (χ0n) is 7.72. The van der Waals surface area contributed by atoms with Crippen LogP contribution in [0.25, 0.3) is 0 Å². The fourth-order valence-electron chi connectivity index (χ4n) is 1.37. The lowest BCUT2D eigenvalue weighted by molar-refractivity contribution is -0.124. The Bertz CT molecular complexity index is 244. The highest BCUT2D eigenvalue weighted by Gasteiger charge is 2.15. The molecule has 0 N–H and O–H groups in total. The molecule has 1 aliphatic rings. The molecule has 0 spiro atoms. The summed E-state index contributed by atoms with van der Waals surface area (Å²) in [4.78, 5) is 17.8. The van der Waals surface area contributed by atoms with Crippen molar-refractivity contribution in [2.24, 2.45) is 0 Å². The first-order valence-electron chi connectivity index (χ1n) is 4.33. The molecule has 0 aromatic carbocycles. The molecular weight excluding hydrogens is 232 g/mol. The van der Waals surface area contributed by atoms with Gasteiger partial charge in [0.25, 0.3) is 5.91 Å². The molecule has 0 atom stereocenters. The van der Waals surface area contributed by atoms with Crippen LogP contribution in [0.15, 0.2) is 0 Å². The maximum Gasteiger partial charge on any atom is 0.299 e. The summed E-state index contributed by atoms with van der Waals surface area (Å²) >= 11 is 2.93. The molecule has 1 saturated heterocycles. The number of likely N-dealkylation sites (N-methyl/N-ethyl adjacent to an activating group) is 1. The molecule has 0 aromatic rings. The van der Waals surface area contributed by atoms with Crippen LogP contribution in [0.5, 0.6) is 0 Å². The molecule has 1 fully saturated rings. The second kappa shape index (κ2) is 5.25. The molecule has 0 aliphatic carbocycles. The van der Waals surface area contributed by atoms with Gasteiger partial charge in [0.2, 0.25) is 0 Å². The summed E-state index contributed by atoms with van der Waals surface area (Å²) in [5, 5.41) is 0. The van der Waals surface area contributed by atoms with E-state index >= 15 is 0 Å². The maximum absolute atomic E-state index is 11.4. The average Bonchev–Trinajstić information content (AvgIpc) is 2.30. The van der Waals surface area contributed by atoms with E-state index in [1.807, 2.05) is 0 Å². The number of halogens is 1. The number of hydrogen-bond donors (Lipinski definition) is 0. The van der Waals surface area contributed by atoms with Crippen LogP contribution in [0.3, 0.4) is 0 Å². The van der Waals surface area contributed by atoms with Gasteiger partial charge >= 0.3 is 0 Å². The second-order valence-electron chi connectivity index (χ2n) is 3.17. The average molecular weight is 245 g/mol. The Labute approximate surface area is 87.2 Å². The van der Waals surface area contributed by atoms with Gasteiger partial charge in [0, 0.05) is 41.5 Å². The Morgan fingerprint density at radius 1 is 1.31 bits per heavy atom. The molecule has 0 radical (unpaired) electrons. The van der Waals surface area contributed by atoms with Crippen molar-refractivity contribution in [1.82, 2.24) is 9.80 Å². The topological polar surface area (TPSA) is 23.6 Å². The van der Waals surface area contributed by atoms with Gasteiger partial charge < -0.3 is 9.80 Å². The molecular formula is C9H13BrN2O. The zero-order valence-corrected chi connectivity index (χ0v) is 9.30. The van der Waals surface area contributed by atoms with E-state index in [1.165, 1.54) is 0 Å². The first-order valence-corrected chi connectivity index (χ1v) is 5.12. The van der Waals surface area contributed by atoms with Crippen LogP contribution in [-0.4, -0.2) is 48.9 Å². The summed E-state index contributed by atoms with van der Waals surface area (Å²) in [5.41, 5.74) is 0. The van der Waals surface area contributed by atoms with Crippen LogP contribution in [0, 0.1) is 10.8 Å². The van der Waals surface area contributed by atoms with E-state index < -0.39 is 0 Å². The molecule has 0 aromatic heterocycles. The van der Waals surface area contributed by atoms with Gasteiger partial charge in [-0.15, -0.1) is 0 Å². The normalized spacial score (nSPS) is 18.8. The predicted molar refractivity (Wildman–Crippen MR) is 55.4 cm³/mol. The Kier molecular flexibility index (Phi) is 4.26. The summed E-state index contributed by atoms with van der Waals surface area (Å²) in [6.45, 7) is 3.61. The number of nitrogens with zero attached hydrogens (tertiary/aromatic N) is 2. The SMILES string of the molecule is CN1CCCN(C(=O)C#CBr)CC1. The van der Waals surface area contributed by atoms with Gasteiger partial charge in [-0.25, -0.2) is 0 Å². The summed E-state index contributed by atoms with van der Waals surface area (Å²) in [6.07, 6.45) is 1.03. The van der Waals surface area contributed by atoms with E-state index in [2.05, 4.69) is 38.6 Å². The van der Waals surface area contributed by atoms with E-state index in [1.54, 1.807) is 4.90 Å². The third-order valence-electron chi connectivity index (χ3n) is 2.16. The van der Waals surface area contributed by atoms with Crippen molar-refractivity contribution in [2.45, 2.75) is 6.42 Å². The first-order chi connectivity index (χ1) is 6.24. The highest BCUT2D eigenvalue weighted by Crippen LogP contribution is 2.00. The molecule has 72 valence electrons. The number of carbonyl (C=O) groups is 1. The molecule has 1 rings (SSSR count). The standard InChI is InChI=1S/C9H13BrN2O/c1-11-5-2-6-12(8-7-11)9(13)3-4-10/h2,5-8H2,1H3. The van der Waals surface area contributed by atoms with Crippen LogP contribution in [0.1, 0.15) is 6.42 Å². The van der Waals surface area contributed by atoms with Crippen molar-refractivity contribution >= 4 is 21.8 Å². The zero-order chi connectivity index (χ0) is 9.68. The summed E-state index contributed by atoms with van der Waals surface area (Å²) in [5.74, 6) is 2.42. The Balaban J connectivity index is 2.49. The molecule has 0 bridgehead atoms. The second-order valence-corrected chi connectivity index (χ2v) is 3.57. The smallest absolute Gasteiger partial charge is 0.299 e. The van der Waals surface area contributed by atoms with E-state index in [4.69, 9.17) is 0 Å². The lowest BCUT2D eigenvalue weighted by atomic mass is 10.4. The third kappa shape index (κ3) is 3.37. The van der Waals surface area contributed by atoms with Crippen molar-refractivity contribution in [3.63, 3.8) is 0 Å². The third-order valence-corrected chi connectivity index (χ3v) is 2.36. The first kappa shape index (κ1) is 10.6. The van der Waals surface area contributed by atoms with Crippen LogP contribution in [-0.2, 0) is 4.79 Å². The minimum absolute atomic E-state index is 0.0767. The van der Waals surface area contributed by atoms with Crippen LogP contribution < -0.4 is 0 Å².